The van der Waals surface area contributed by atoms with Crippen LogP contribution in [0.3, 0.4) is 0 Å². The predicted octanol–water partition coefficient (Wildman–Crippen LogP) is 2.04. The summed E-state index contributed by atoms with van der Waals surface area (Å²) in [5, 5.41) is 9.40. The molecule has 0 saturated heterocycles. The summed E-state index contributed by atoms with van der Waals surface area (Å²) in [6.07, 6.45) is 0.924. The standard InChI is InChI=1S/C15H20N4OS/c1-10-5-7-21-13(10)9-19-6-4-12-11(8-19)14(17-16-12)15(20)18(2)3/h5,7H,4,6,8-9H2,1-3H3,(H,16,17). The number of carbonyl (C=O) groups excluding carboxylic acids is 1. The Morgan fingerprint density at radius 1 is 1.52 bits per heavy atom. The maximum atomic E-state index is 12.2. The molecule has 0 aromatic carbocycles. The third kappa shape index (κ3) is 2.73. The fourth-order valence-corrected chi connectivity index (χ4v) is 3.59. The highest BCUT2D eigenvalue weighted by Gasteiger charge is 2.26. The van der Waals surface area contributed by atoms with Crippen molar-refractivity contribution in [2.75, 3.05) is 20.6 Å². The summed E-state index contributed by atoms with van der Waals surface area (Å²) < 4.78 is 0. The SMILES string of the molecule is Cc1ccsc1CN1CCc2[nH]nc(C(=O)N(C)C)c2C1. The first-order valence-electron chi connectivity index (χ1n) is 7.09. The van der Waals surface area contributed by atoms with Crippen molar-refractivity contribution in [3.63, 3.8) is 0 Å². The normalized spacial score (nSPS) is 15.0. The molecule has 2 aromatic rings. The smallest absolute Gasteiger partial charge is 0.274 e. The van der Waals surface area contributed by atoms with Gasteiger partial charge in [0.1, 0.15) is 0 Å². The number of rotatable bonds is 3. The zero-order chi connectivity index (χ0) is 15.0. The number of aromatic amines is 1. The molecule has 1 amide bonds. The molecule has 6 heteroatoms. The monoisotopic (exact) mass is 304 g/mol. The van der Waals surface area contributed by atoms with Gasteiger partial charge in [0.2, 0.25) is 0 Å². The summed E-state index contributed by atoms with van der Waals surface area (Å²) in [4.78, 5) is 17.6. The van der Waals surface area contributed by atoms with E-state index in [1.807, 2.05) is 0 Å². The van der Waals surface area contributed by atoms with E-state index in [0.717, 1.165) is 37.3 Å². The summed E-state index contributed by atoms with van der Waals surface area (Å²) in [6, 6.07) is 2.16. The second-order valence-corrected chi connectivity index (χ2v) is 6.72. The summed E-state index contributed by atoms with van der Waals surface area (Å²) in [5.41, 5.74) is 4.10. The summed E-state index contributed by atoms with van der Waals surface area (Å²) >= 11 is 1.80. The average Bonchev–Trinajstić information content (AvgIpc) is 3.04. The van der Waals surface area contributed by atoms with Crippen molar-refractivity contribution in [3.8, 4) is 0 Å². The van der Waals surface area contributed by atoms with Crippen LogP contribution in [0.5, 0.6) is 0 Å². The molecule has 0 spiro atoms. The van der Waals surface area contributed by atoms with Crippen LogP contribution in [0.2, 0.25) is 0 Å². The average molecular weight is 304 g/mol. The Bertz CT molecular complexity index is 658. The van der Waals surface area contributed by atoms with E-state index < -0.39 is 0 Å². The number of thiophene rings is 1. The van der Waals surface area contributed by atoms with Crippen molar-refractivity contribution in [1.82, 2.24) is 20.0 Å². The van der Waals surface area contributed by atoms with Crippen LogP contribution in [0.25, 0.3) is 0 Å². The lowest BCUT2D eigenvalue weighted by Crippen LogP contribution is -2.31. The number of nitrogens with zero attached hydrogens (tertiary/aromatic N) is 3. The molecule has 2 aromatic heterocycles. The van der Waals surface area contributed by atoms with Crippen molar-refractivity contribution in [2.24, 2.45) is 0 Å². The van der Waals surface area contributed by atoms with Crippen LogP contribution >= 0.6 is 11.3 Å². The van der Waals surface area contributed by atoms with E-state index in [2.05, 4.69) is 33.5 Å². The van der Waals surface area contributed by atoms with E-state index in [-0.39, 0.29) is 5.91 Å². The van der Waals surface area contributed by atoms with Crippen LogP contribution in [-0.2, 0) is 19.5 Å². The first-order valence-corrected chi connectivity index (χ1v) is 7.97. The van der Waals surface area contributed by atoms with Gasteiger partial charge in [-0.2, -0.15) is 5.10 Å². The minimum atomic E-state index is -0.0262. The van der Waals surface area contributed by atoms with Crippen molar-refractivity contribution >= 4 is 17.2 Å². The molecule has 3 heterocycles. The molecule has 21 heavy (non-hydrogen) atoms. The number of aryl methyl sites for hydroxylation is 1. The molecule has 0 saturated carbocycles. The maximum Gasteiger partial charge on any atom is 0.274 e. The fourth-order valence-electron chi connectivity index (χ4n) is 2.64. The minimum Gasteiger partial charge on any atom is -0.343 e. The highest BCUT2D eigenvalue weighted by Crippen LogP contribution is 2.25. The van der Waals surface area contributed by atoms with Crippen LogP contribution in [0.1, 0.15) is 32.2 Å². The zero-order valence-corrected chi connectivity index (χ0v) is 13.5. The maximum absolute atomic E-state index is 12.2. The molecule has 0 unspecified atom stereocenters. The third-order valence-electron chi connectivity index (χ3n) is 3.96. The van der Waals surface area contributed by atoms with E-state index in [1.54, 1.807) is 30.3 Å². The van der Waals surface area contributed by atoms with Gasteiger partial charge in [0, 0.05) is 56.3 Å². The molecule has 112 valence electrons. The van der Waals surface area contributed by atoms with Crippen LogP contribution < -0.4 is 0 Å². The molecule has 1 aliphatic rings. The van der Waals surface area contributed by atoms with Crippen molar-refractivity contribution in [2.45, 2.75) is 26.4 Å². The molecule has 1 aliphatic heterocycles. The zero-order valence-electron chi connectivity index (χ0n) is 12.6. The van der Waals surface area contributed by atoms with Gasteiger partial charge in [-0.05, 0) is 23.9 Å². The molecule has 0 bridgehead atoms. The van der Waals surface area contributed by atoms with Crippen LogP contribution in [0.4, 0.5) is 0 Å². The van der Waals surface area contributed by atoms with Gasteiger partial charge in [0.25, 0.3) is 5.91 Å². The van der Waals surface area contributed by atoms with Gasteiger partial charge in [0.15, 0.2) is 5.69 Å². The summed E-state index contributed by atoms with van der Waals surface area (Å²) in [7, 11) is 3.53. The molecule has 0 fully saturated rings. The Balaban J connectivity index is 1.80. The van der Waals surface area contributed by atoms with Crippen LogP contribution in [0.15, 0.2) is 11.4 Å². The molecular weight excluding hydrogens is 284 g/mol. The second-order valence-electron chi connectivity index (χ2n) is 5.72. The van der Waals surface area contributed by atoms with Gasteiger partial charge >= 0.3 is 0 Å². The summed E-state index contributed by atoms with van der Waals surface area (Å²) in [6.45, 7) is 4.89. The van der Waals surface area contributed by atoms with E-state index in [9.17, 15) is 4.79 Å². The number of hydrogen-bond donors (Lipinski definition) is 1. The van der Waals surface area contributed by atoms with E-state index in [1.165, 1.54) is 10.4 Å². The van der Waals surface area contributed by atoms with Crippen LogP contribution in [0, 0.1) is 6.92 Å². The Labute approximate surface area is 128 Å². The van der Waals surface area contributed by atoms with Crippen molar-refractivity contribution in [1.29, 1.82) is 0 Å². The Morgan fingerprint density at radius 3 is 3.00 bits per heavy atom. The second kappa shape index (κ2) is 5.61. The van der Waals surface area contributed by atoms with Gasteiger partial charge in [0.05, 0.1) is 0 Å². The highest BCUT2D eigenvalue weighted by molar-refractivity contribution is 7.10. The number of nitrogens with one attached hydrogen (secondary N) is 1. The summed E-state index contributed by atoms with van der Waals surface area (Å²) in [5.74, 6) is -0.0262. The van der Waals surface area contributed by atoms with Gasteiger partial charge < -0.3 is 4.90 Å². The molecule has 3 rings (SSSR count). The van der Waals surface area contributed by atoms with E-state index in [0.29, 0.717) is 5.69 Å². The van der Waals surface area contributed by atoms with E-state index in [4.69, 9.17) is 0 Å². The Hall–Kier alpha value is -1.66. The highest BCUT2D eigenvalue weighted by atomic mass is 32.1. The quantitative estimate of drug-likeness (QED) is 0.944. The molecule has 0 atom stereocenters. The largest absolute Gasteiger partial charge is 0.343 e. The third-order valence-corrected chi connectivity index (χ3v) is 4.96. The number of H-pyrrole nitrogens is 1. The first-order chi connectivity index (χ1) is 10.1. The lowest BCUT2D eigenvalue weighted by atomic mass is 10.0. The topological polar surface area (TPSA) is 52.2 Å². The molecule has 5 nitrogen and oxygen atoms in total. The van der Waals surface area contributed by atoms with Crippen molar-refractivity contribution < 1.29 is 4.79 Å². The van der Waals surface area contributed by atoms with Gasteiger partial charge in [-0.15, -0.1) is 11.3 Å². The lowest BCUT2D eigenvalue weighted by Gasteiger charge is -2.26. The van der Waals surface area contributed by atoms with Gasteiger partial charge in [-0.1, -0.05) is 0 Å². The molecular formula is C15H20N4OS. The molecule has 1 N–H and O–H groups in total. The molecule has 0 aliphatic carbocycles. The van der Waals surface area contributed by atoms with Gasteiger partial charge in [-0.25, -0.2) is 0 Å². The number of hydrogen-bond acceptors (Lipinski definition) is 4. The van der Waals surface area contributed by atoms with Crippen LogP contribution in [-0.4, -0.2) is 46.5 Å². The molecule has 0 radical (unpaired) electrons. The Kier molecular flexibility index (Phi) is 3.82. The fraction of sp³-hybridized carbons (Fsp3) is 0.467. The van der Waals surface area contributed by atoms with Crippen molar-refractivity contribution in [3.05, 3.63) is 38.8 Å². The predicted molar refractivity (Wildman–Crippen MR) is 83.5 cm³/mol. The number of amides is 1. The van der Waals surface area contributed by atoms with E-state index >= 15 is 0 Å². The Morgan fingerprint density at radius 2 is 2.33 bits per heavy atom. The number of carbonyl (C=O) groups is 1. The minimum absolute atomic E-state index is 0.0262. The number of aromatic nitrogens is 2. The lowest BCUT2D eigenvalue weighted by molar-refractivity contribution is 0.0819. The first kappa shape index (κ1) is 14.3. The number of fused-ring (bicyclic) bond motifs is 1. The van der Waals surface area contributed by atoms with Gasteiger partial charge in [-0.3, -0.25) is 14.8 Å².